The van der Waals surface area contributed by atoms with Gasteiger partial charge < -0.3 is 15.0 Å². The second-order valence-electron chi connectivity index (χ2n) is 8.80. The summed E-state index contributed by atoms with van der Waals surface area (Å²) in [7, 11) is 1.32. The molecule has 1 fully saturated rings. The molecule has 1 aromatic carbocycles. The van der Waals surface area contributed by atoms with Crippen molar-refractivity contribution in [2.24, 2.45) is 11.3 Å². The quantitative estimate of drug-likeness (QED) is 0.805. The van der Waals surface area contributed by atoms with Crippen LogP contribution < -0.4 is 5.32 Å². The summed E-state index contributed by atoms with van der Waals surface area (Å²) in [6, 6.07) is 5.07. The molecule has 2 rings (SSSR count). The predicted octanol–water partition coefficient (Wildman–Crippen LogP) is 2.86. The molecule has 0 radical (unpaired) electrons. The molecule has 0 saturated carbocycles. The monoisotopic (exact) mass is 388 g/mol. The highest BCUT2D eigenvalue weighted by Gasteiger charge is 2.36. The maximum Gasteiger partial charge on any atom is 0.328 e. The van der Waals surface area contributed by atoms with Crippen LogP contribution in [0.1, 0.15) is 55.1 Å². The predicted molar refractivity (Wildman–Crippen MR) is 108 cm³/mol. The summed E-state index contributed by atoms with van der Waals surface area (Å²) in [6.45, 7) is 10.6. The van der Waals surface area contributed by atoms with Crippen LogP contribution in [0.4, 0.5) is 0 Å². The summed E-state index contributed by atoms with van der Waals surface area (Å²) in [5.41, 5.74) is 2.27. The van der Waals surface area contributed by atoms with Gasteiger partial charge in [0.05, 0.1) is 13.0 Å². The molecular weight excluding hydrogens is 356 g/mol. The number of methoxy groups -OCH3 is 1. The lowest BCUT2D eigenvalue weighted by atomic mass is 9.86. The largest absolute Gasteiger partial charge is 0.467 e. The van der Waals surface area contributed by atoms with E-state index in [2.05, 4.69) is 5.32 Å². The molecule has 1 aliphatic rings. The van der Waals surface area contributed by atoms with E-state index >= 15 is 0 Å². The Kier molecular flexibility index (Phi) is 6.86. The lowest BCUT2D eigenvalue weighted by Gasteiger charge is -2.35. The molecular formula is C22H32N2O4. The number of nitrogens with zero attached hydrogens (tertiary/aromatic N) is 1. The highest BCUT2D eigenvalue weighted by molar-refractivity contribution is 5.95. The number of likely N-dealkylation sites (tertiary alicyclic amines) is 1. The molecule has 0 unspecified atom stereocenters. The van der Waals surface area contributed by atoms with Gasteiger partial charge in [-0.1, -0.05) is 38.0 Å². The fourth-order valence-corrected chi connectivity index (χ4v) is 3.66. The fraction of sp³-hybridized carbons (Fsp3) is 0.591. The minimum Gasteiger partial charge on any atom is -0.467 e. The summed E-state index contributed by atoms with van der Waals surface area (Å²) < 4.78 is 4.85. The van der Waals surface area contributed by atoms with Crippen LogP contribution in [-0.2, 0) is 14.3 Å². The van der Waals surface area contributed by atoms with Gasteiger partial charge in [0.2, 0.25) is 5.91 Å². The van der Waals surface area contributed by atoms with Crippen LogP contribution in [0, 0.1) is 25.2 Å². The van der Waals surface area contributed by atoms with Crippen molar-refractivity contribution in [3.63, 3.8) is 0 Å². The molecule has 28 heavy (non-hydrogen) atoms. The number of amides is 2. The Morgan fingerprint density at radius 1 is 1.14 bits per heavy atom. The molecule has 2 atom stereocenters. The summed E-state index contributed by atoms with van der Waals surface area (Å²) in [6.07, 6.45) is 1.45. The SMILES string of the molecule is COC(=O)[C@H](NC(=O)[C@@H]1CCCN(C(=O)c2cc(C)cc(C)c2)C1)C(C)(C)C. The number of carbonyl (C=O) groups excluding carboxylic acids is 3. The first-order valence-corrected chi connectivity index (χ1v) is 9.78. The summed E-state index contributed by atoms with van der Waals surface area (Å²) in [5, 5.41) is 2.84. The molecule has 1 aliphatic heterocycles. The first-order chi connectivity index (χ1) is 13.0. The molecule has 2 amide bonds. The lowest BCUT2D eigenvalue weighted by Crippen LogP contribution is -2.53. The zero-order valence-electron chi connectivity index (χ0n) is 17.8. The molecule has 0 aliphatic carbocycles. The van der Waals surface area contributed by atoms with E-state index in [0.717, 1.165) is 17.5 Å². The van der Waals surface area contributed by atoms with E-state index in [-0.39, 0.29) is 17.7 Å². The van der Waals surface area contributed by atoms with Crippen LogP contribution in [0.15, 0.2) is 18.2 Å². The lowest BCUT2D eigenvalue weighted by molar-refractivity contribution is -0.149. The fourth-order valence-electron chi connectivity index (χ4n) is 3.66. The number of rotatable bonds is 4. The van der Waals surface area contributed by atoms with Crippen LogP contribution in [0.3, 0.4) is 0 Å². The van der Waals surface area contributed by atoms with E-state index < -0.39 is 17.4 Å². The van der Waals surface area contributed by atoms with Crippen molar-refractivity contribution in [2.75, 3.05) is 20.2 Å². The second kappa shape index (κ2) is 8.76. The number of carbonyl (C=O) groups is 3. The Morgan fingerprint density at radius 3 is 2.29 bits per heavy atom. The molecule has 154 valence electrons. The van der Waals surface area contributed by atoms with Gasteiger partial charge in [-0.3, -0.25) is 9.59 Å². The summed E-state index contributed by atoms with van der Waals surface area (Å²) >= 11 is 0. The molecule has 1 N–H and O–H groups in total. The number of piperidine rings is 1. The van der Waals surface area contributed by atoms with Gasteiger partial charge in [-0.2, -0.15) is 0 Å². The number of hydrogen-bond donors (Lipinski definition) is 1. The van der Waals surface area contributed by atoms with Crippen molar-refractivity contribution < 1.29 is 19.1 Å². The van der Waals surface area contributed by atoms with E-state index in [4.69, 9.17) is 4.74 Å². The number of esters is 1. The van der Waals surface area contributed by atoms with Crippen LogP contribution in [0.2, 0.25) is 0 Å². The van der Waals surface area contributed by atoms with Crippen molar-refractivity contribution in [3.05, 3.63) is 34.9 Å². The normalized spacial score (nSPS) is 18.4. The Bertz CT molecular complexity index is 731. The van der Waals surface area contributed by atoms with Gasteiger partial charge in [0.15, 0.2) is 0 Å². The molecule has 1 heterocycles. The van der Waals surface area contributed by atoms with Crippen LogP contribution in [0.25, 0.3) is 0 Å². The van der Waals surface area contributed by atoms with Crippen molar-refractivity contribution in [3.8, 4) is 0 Å². The van der Waals surface area contributed by atoms with Crippen LogP contribution >= 0.6 is 0 Å². The zero-order valence-corrected chi connectivity index (χ0v) is 17.8. The van der Waals surface area contributed by atoms with Crippen LogP contribution in [-0.4, -0.2) is 48.9 Å². The first-order valence-electron chi connectivity index (χ1n) is 9.78. The third kappa shape index (κ3) is 5.33. The second-order valence-corrected chi connectivity index (χ2v) is 8.80. The summed E-state index contributed by atoms with van der Waals surface area (Å²) in [4.78, 5) is 39.6. The molecule has 0 spiro atoms. The third-order valence-corrected chi connectivity index (χ3v) is 5.14. The molecule has 6 heteroatoms. The van der Waals surface area contributed by atoms with Gasteiger partial charge in [-0.05, 0) is 44.2 Å². The average Bonchev–Trinajstić information content (AvgIpc) is 2.63. The minimum atomic E-state index is -0.726. The van der Waals surface area contributed by atoms with Gasteiger partial charge in [0.25, 0.3) is 5.91 Å². The Hall–Kier alpha value is -2.37. The standard InChI is InChI=1S/C22H32N2O4/c1-14-10-15(2)12-17(11-14)20(26)24-9-7-8-16(13-24)19(25)23-18(21(27)28-6)22(3,4)5/h10-12,16,18H,7-9,13H2,1-6H3,(H,23,25)/t16-,18+/m1/s1. The Labute approximate surface area is 167 Å². The Morgan fingerprint density at radius 2 is 1.75 bits per heavy atom. The van der Waals surface area contributed by atoms with Crippen LogP contribution in [0.5, 0.6) is 0 Å². The van der Waals surface area contributed by atoms with Gasteiger partial charge in [-0.25, -0.2) is 4.79 Å². The zero-order chi connectivity index (χ0) is 21.1. The highest BCUT2D eigenvalue weighted by atomic mass is 16.5. The number of hydrogen-bond acceptors (Lipinski definition) is 4. The van der Waals surface area contributed by atoms with E-state index in [1.807, 2.05) is 52.8 Å². The van der Waals surface area contributed by atoms with Crippen molar-refractivity contribution in [1.82, 2.24) is 10.2 Å². The van der Waals surface area contributed by atoms with Crippen molar-refractivity contribution in [2.45, 2.75) is 53.5 Å². The number of nitrogens with one attached hydrogen (secondary N) is 1. The number of aryl methyl sites for hydroxylation is 2. The van der Waals surface area contributed by atoms with E-state index in [9.17, 15) is 14.4 Å². The van der Waals surface area contributed by atoms with Gasteiger partial charge in [0, 0.05) is 18.7 Å². The molecule has 1 aromatic rings. The maximum atomic E-state index is 12.9. The van der Waals surface area contributed by atoms with Gasteiger partial charge >= 0.3 is 5.97 Å². The topological polar surface area (TPSA) is 75.7 Å². The third-order valence-electron chi connectivity index (χ3n) is 5.14. The number of benzene rings is 1. The van der Waals surface area contributed by atoms with Crippen molar-refractivity contribution in [1.29, 1.82) is 0 Å². The minimum absolute atomic E-state index is 0.0513. The van der Waals surface area contributed by atoms with E-state index in [0.29, 0.717) is 25.1 Å². The smallest absolute Gasteiger partial charge is 0.328 e. The van der Waals surface area contributed by atoms with Crippen molar-refractivity contribution >= 4 is 17.8 Å². The van der Waals surface area contributed by atoms with Gasteiger partial charge in [0.1, 0.15) is 6.04 Å². The molecule has 6 nitrogen and oxygen atoms in total. The maximum absolute atomic E-state index is 12.9. The van der Waals surface area contributed by atoms with E-state index in [1.54, 1.807) is 4.90 Å². The first kappa shape index (κ1) is 21.9. The average molecular weight is 389 g/mol. The van der Waals surface area contributed by atoms with Gasteiger partial charge in [-0.15, -0.1) is 0 Å². The summed E-state index contributed by atoms with van der Waals surface area (Å²) in [5.74, 6) is -1.05. The van der Waals surface area contributed by atoms with E-state index in [1.165, 1.54) is 7.11 Å². The highest BCUT2D eigenvalue weighted by Crippen LogP contribution is 2.24. The molecule has 0 bridgehead atoms. The Balaban J connectivity index is 2.10. The number of ether oxygens (including phenoxy) is 1. The molecule has 1 saturated heterocycles. The molecule has 0 aromatic heterocycles.